The summed E-state index contributed by atoms with van der Waals surface area (Å²) < 4.78 is 27.8. The molecule has 3 rings (SSSR count). The maximum atomic E-state index is 13.0. The number of Topliss-reactive ketones (excluding diaryl/α,β-unsaturated/α-hetero) is 1. The molecule has 0 aliphatic carbocycles. The topological polar surface area (TPSA) is 97.4 Å². The fraction of sp³-hybridized carbons (Fsp3) is 0.344. The monoisotopic (exact) mass is 548 g/mol. The molecular weight excluding hydrogens is 512 g/mol. The van der Waals surface area contributed by atoms with E-state index in [9.17, 15) is 14.4 Å². The van der Waals surface area contributed by atoms with Crippen molar-refractivity contribution >= 4 is 17.7 Å². The van der Waals surface area contributed by atoms with Crippen LogP contribution in [0.5, 0.6) is 17.2 Å². The molecule has 0 N–H and O–H groups in total. The summed E-state index contributed by atoms with van der Waals surface area (Å²) >= 11 is 0. The second kappa shape index (κ2) is 15.9. The van der Waals surface area contributed by atoms with Crippen molar-refractivity contribution in [1.82, 2.24) is 0 Å². The first-order chi connectivity index (χ1) is 19.4. The van der Waals surface area contributed by atoms with Crippen LogP contribution < -0.4 is 14.2 Å². The normalized spacial score (nSPS) is 11.3. The Hall–Kier alpha value is -4.33. The van der Waals surface area contributed by atoms with Gasteiger partial charge in [-0.2, -0.15) is 0 Å². The minimum Gasteiger partial charge on any atom is -0.494 e. The van der Waals surface area contributed by atoms with Crippen LogP contribution in [-0.4, -0.2) is 50.3 Å². The van der Waals surface area contributed by atoms with E-state index in [0.717, 1.165) is 0 Å². The molecule has 0 aliphatic rings. The SMILES string of the molecule is CCOc1cccc(C(=O)OCC(CCCC(=O)c2ccccc2OCC)OC(=O)c2cccc(OCC)c2)c1. The van der Waals surface area contributed by atoms with Crippen molar-refractivity contribution in [2.45, 2.75) is 46.1 Å². The van der Waals surface area contributed by atoms with Crippen molar-refractivity contribution in [2.24, 2.45) is 0 Å². The third-order valence-corrected chi connectivity index (χ3v) is 5.85. The van der Waals surface area contributed by atoms with Crippen molar-refractivity contribution in [3.8, 4) is 17.2 Å². The second-order valence-corrected chi connectivity index (χ2v) is 8.79. The third-order valence-electron chi connectivity index (χ3n) is 5.85. The van der Waals surface area contributed by atoms with E-state index >= 15 is 0 Å². The smallest absolute Gasteiger partial charge is 0.338 e. The van der Waals surface area contributed by atoms with Gasteiger partial charge in [0.15, 0.2) is 5.78 Å². The molecule has 212 valence electrons. The van der Waals surface area contributed by atoms with Gasteiger partial charge in [-0.15, -0.1) is 0 Å². The number of hydrogen-bond donors (Lipinski definition) is 0. The van der Waals surface area contributed by atoms with Crippen LogP contribution in [0.15, 0.2) is 72.8 Å². The highest BCUT2D eigenvalue weighted by Gasteiger charge is 2.21. The summed E-state index contributed by atoms with van der Waals surface area (Å²) in [5.74, 6) is 0.419. The molecule has 0 fully saturated rings. The molecule has 0 aromatic heterocycles. The Balaban J connectivity index is 1.68. The molecule has 3 aromatic carbocycles. The molecule has 1 unspecified atom stereocenters. The summed E-state index contributed by atoms with van der Waals surface area (Å²) in [6.45, 7) is 6.78. The minimum absolute atomic E-state index is 0.0803. The molecule has 0 bridgehead atoms. The molecular formula is C32H36O8. The van der Waals surface area contributed by atoms with Crippen LogP contribution in [0.1, 0.15) is 71.1 Å². The molecule has 0 spiro atoms. The third kappa shape index (κ3) is 9.15. The van der Waals surface area contributed by atoms with Gasteiger partial charge in [0.25, 0.3) is 0 Å². The van der Waals surface area contributed by atoms with E-state index in [-0.39, 0.29) is 18.8 Å². The van der Waals surface area contributed by atoms with Crippen LogP contribution in [0.3, 0.4) is 0 Å². The molecule has 0 saturated carbocycles. The first-order valence-electron chi connectivity index (χ1n) is 13.5. The van der Waals surface area contributed by atoms with Gasteiger partial charge >= 0.3 is 11.9 Å². The molecule has 8 heteroatoms. The van der Waals surface area contributed by atoms with Gasteiger partial charge in [-0.1, -0.05) is 24.3 Å². The van der Waals surface area contributed by atoms with Crippen LogP contribution in [0.25, 0.3) is 0 Å². The number of esters is 2. The maximum Gasteiger partial charge on any atom is 0.338 e. The van der Waals surface area contributed by atoms with E-state index < -0.39 is 18.0 Å². The number of rotatable bonds is 16. The molecule has 0 amide bonds. The lowest BCUT2D eigenvalue weighted by molar-refractivity contribution is -0.00331. The van der Waals surface area contributed by atoms with Crippen LogP contribution >= 0.6 is 0 Å². The summed E-state index contributed by atoms with van der Waals surface area (Å²) in [4.78, 5) is 38.6. The van der Waals surface area contributed by atoms with Gasteiger partial charge in [-0.05, 0) is 82.1 Å². The van der Waals surface area contributed by atoms with E-state index in [2.05, 4.69) is 0 Å². The average molecular weight is 549 g/mol. The van der Waals surface area contributed by atoms with Gasteiger partial charge in [0.1, 0.15) is 30.0 Å². The fourth-order valence-corrected chi connectivity index (χ4v) is 4.01. The zero-order valence-corrected chi connectivity index (χ0v) is 23.2. The lowest BCUT2D eigenvalue weighted by Gasteiger charge is -2.18. The van der Waals surface area contributed by atoms with Crippen molar-refractivity contribution < 1.29 is 38.1 Å². The Bertz CT molecular complexity index is 1270. The van der Waals surface area contributed by atoms with Crippen LogP contribution in [-0.2, 0) is 9.47 Å². The van der Waals surface area contributed by atoms with Crippen LogP contribution in [0.2, 0.25) is 0 Å². The first kappa shape index (κ1) is 30.2. The standard InChI is InChI=1S/C32H36O8/c1-4-36-25-14-9-12-23(20-25)31(34)39-22-27(40-32(35)24-13-10-15-26(21-24)37-5-2)16-11-18-29(33)28-17-7-8-19-30(28)38-6-3/h7-10,12-15,17,19-21,27H,4-6,11,16,18,22H2,1-3H3. The Morgan fingerprint density at radius 3 is 1.93 bits per heavy atom. The van der Waals surface area contributed by atoms with Gasteiger partial charge in [0.2, 0.25) is 0 Å². The lowest BCUT2D eigenvalue weighted by atomic mass is 10.0. The molecule has 0 radical (unpaired) electrons. The molecule has 8 nitrogen and oxygen atoms in total. The summed E-state index contributed by atoms with van der Waals surface area (Å²) in [7, 11) is 0. The highest BCUT2D eigenvalue weighted by molar-refractivity contribution is 5.98. The predicted octanol–water partition coefficient (Wildman–Crippen LogP) is 6.32. The molecule has 40 heavy (non-hydrogen) atoms. The highest BCUT2D eigenvalue weighted by atomic mass is 16.6. The predicted molar refractivity (Wildman–Crippen MR) is 151 cm³/mol. The van der Waals surface area contributed by atoms with E-state index in [1.54, 1.807) is 66.7 Å². The van der Waals surface area contributed by atoms with E-state index in [1.165, 1.54) is 0 Å². The number of ketones is 1. The number of hydrogen-bond acceptors (Lipinski definition) is 8. The molecule has 0 saturated heterocycles. The maximum absolute atomic E-state index is 13.0. The number of carbonyl (C=O) groups excluding carboxylic acids is 3. The quantitative estimate of drug-likeness (QED) is 0.152. The second-order valence-electron chi connectivity index (χ2n) is 8.79. The van der Waals surface area contributed by atoms with Gasteiger partial charge in [0, 0.05) is 6.42 Å². The van der Waals surface area contributed by atoms with Crippen molar-refractivity contribution in [3.63, 3.8) is 0 Å². The van der Waals surface area contributed by atoms with Gasteiger partial charge in [0.05, 0.1) is 36.5 Å². The summed E-state index contributed by atoms with van der Waals surface area (Å²) in [5, 5.41) is 0. The molecule has 0 heterocycles. The summed E-state index contributed by atoms with van der Waals surface area (Å²) in [6.07, 6.45) is 0.166. The first-order valence-corrected chi connectivity index (χ1v) is 13.5. The van der Waals surface area contributed by atoms with E-state index in [1.807, 2.05) is 26.8 Å². The fourth-order valence-electron chi connectivity index (χ4n) is 4.01. The Morgan fingerprint density at radius 1 is 0.700 bits per heavy atom. The van der Waals surface area contributed by atoms with Gasteiger partial charge in [-0.3, -0.25) is 4.79 Å². The number of benzene rings is 3. The van der Waals surface area contributed by atoms with E-state index in [4.69, 9.17) is 23.7 Å². The zero-order chi connectivity index (χ0) is 28.7. The van der Waals surface area contributed by atoms with Crippen LogP contribution in [0, 0.1) is 0 Å². The molecule has 3 aromatic rings. The molecule has 1 atom stereocenters. The Kier molecular flexibility index (Phi) is 12.0. The minimum atomic E-state index is -0.766. The lowest BCUT2D eigenvalue weighted by Crippen LogP contribution is -2.26. The average Bonchev–Trinajstić information content (AvgIpc) is 2.96. The zero-order valence-electron chi connectivity index (χ0n) is 23.2. The van der Waals surface area contributed by atoms with Gasteiger partial charge in [-0.25, -0.2) is 9.59 Å². The summed E-state index contributed by atoms with van der Waals surface area (Å²) in [5.41, 5.74) is 1.14. The molecule has 0 aliphatic heterocycles. The summed E-state index contributed by atoms with van der Waals surface area (Å²) in [6, 6.07) is 20.5. The Morgan fingerprint density at radius 2 is 1.30 bits per heavy atom. The largest absolute Gasteiger partial charge is 0.494 e. The van der Waals surface area contributed by atoms with Gasteiger partial charge < -0.3 is 23.7 Å². The van der Waals surface area contributed by atoms with E-state index in [0.29, 0.717) is 66.6 Å². The van der Waals surface area contributed by atoms with Crippen molar-refractivity contribution in [2.75, 3.05) is 26.4 Å². The number of para-hydroxylation sites is 1. The number of ether oxygens (including phenoxy) is 5. The highest BCUT2D eigenvalue weighted by Crippen LogP contribution is 2.22. The number of carbonyl (C=O) groups is 3. The van der Waals surface area contributed by atoms with Crippen molar-refractivity contribution in [1.29, 1.82) is 0 Å². The van der Waals surface area contributed by atoms with Crippen LogP contribution in [0.4, 0.5) is 0 Å². The Labute approximate surface area is 235 Å². The van der Waals surface area contributed by atoms with Crippen molar-refractivity contribution in [3.05, 3.63) is 89.5 Å².